The largest absolute Gasteiger partial charge is 0.405 e. The van der Waals surface area contributed by atoms with Gasteiger partial charge >= 0.3 is 0 Å². The van der Waals surface area contributed by atoms with Crippen LogP contribution in [0.5, 0.6) is 0 Å². The Kier molecular flexibility index (Phi) is 10.4. The van der Waals surface area contributed by atoms with Gasteiger partial charge in [-0.05, 0) is 75.6 Å². The quantitative estimate of drug-likeness (QED) is 0.410. The van der Waals surface area contributed by atoms with Crippen molar-refractivity contribution in [2.24, 2.45) is 22.2 Å². The van der Waals surface area contributed by atoms with Crippen LogP contribution in [0.4, 0.5) is 0 Å². The van der Waals surface area contributed by atoms with Crippen molar-refractivity contribution in [1.82, 2.24) is 4.98 Å². The summed E-state index contributed by atoms with van der Waals surface area (Å²) in [6.07, 6.45) is 15.5. The van der Waals surface area contributed by atoms with Crippen LogP contribution >= 0.6 is 0 Å². The molecular weight excluding hydrogens is 358 g/mol. The molecule has 6 N–H and O–H groups in total. The molecular formula is C24H35N5. The van der Waals surface area contributed by atoms with Gasteiger partial charge in [0.15, 0.2) is 0 Å². The van der Waals surface area contributed by atoms with Crippen molar-refractivity contribution >= 4 is 11.4 Å². The van der Waals surface area contributed by atoms with Crippen molar-refractivity contribution < 1.29 is 0 Å². The van der Waals surface area contributed by atoms with Gasteiger partial charge in [0.2, 0.25) is 0 Å². The number of rotatable bonds is 10. The molecule has 0 aromatic carbocycles. The average Bonchev–Trinajstić information content (AvgIpc) is 2.71. The Morgan fingerprint density at radius 3 is 2.55 bits per heavy atom. The highest BCUT2D eigenvalue weighted by atomic mass is 14.7. The predicted octanol–water partition coefficient (Wildman–Crippen LogP) is 4.17. The highest BCUT2D eigenvalue weighted by Crippen LogP contribution is 2.19. The van der Waals surface area contributed by atoms with E-state index >= 15 is 0 Å². The van der Waals surface area contributed by atoms with Gasteiger partial charge in [-0.1, -0.05) is 31.7 Å². The minimum atomic E-state index is -0.225. The van der Waals surface area contributed by atoms with Gasteiger partial charge in [-0.15, -0.1) is 0 Å². The van der Waals surface area contributed by atoms with Crippen LogP contribution in [0.15, 0.2) is 71.7 Å². The van der Waals surface area contributed by atoms with Gasteiger partial charge in [-0.25, -0.2) is 0 Å². The Labute approximate surface area is 175 Å². The number of aryl methyl sites for hydroxylation is 2. The minimum absolute atomic E-state index is 0.225. The van der Waals surface area contributed by atoms with E-state index < -0.39 is 0 Å². The molecule has 29 heavy (non-hydrogen) atoms. The summed E-state index contributed by atoms with van der Waals surface area (Å²) in [6.45, 7) is 11.9. The van der Waals surface area contributed by atoms with Gasteiger partial charge in [0.1, 0.15) is 0 Å². The molecule has 0 spiro atoms. The predicted molar refractivity (Wildman–Crippen MR) is 126 cm³/mol. The fourth-order valence-electron chi connectivity index (χ4n) is 2.86. The molecule has 1 aromatic rings. The molecule has 0 saturated carbocycles. The summed E-state index contributed by atoms with van der Waals surface area (Å²) >= 11 is 0. The van der Waals surface area contributed by atoms with Crippen LogP contribution in [0.2, 0.25) is 0 Å². The molecule has 0 radical (unpaired) electrons. The smallest absolute Gasteiger partial charge is 0.0494 e. The number of hydrogen-bond donors (Lipinski definition) is 3. The maximum atomic E-state index is 6.06. The average molecular weight is 394 g/mol. The second-order valence-electron chi connectivity index (χ2n) is 6.78. The molecule has 156 valence electrons. The molecule has 1 unspecified atom stereocenters. The molecule has 5 heteroatoms. The van der Waals surface area contributed by atoms with E-state index in [1.807, 2.05) is 57.3 Å². The van der Waals surface area contributed by atoms with E-state index in [9.17, 15) is 0 Å². The lowest BCUT2D eigenvalue weighted by Gasteiger charge is -2.11. The Morgan fingerprint density at radius 1 is 1.28 bits per heavy atom. The zero-order chi connectivity index (χ0) is 21.8. The Hall–Kier alpha value is -2.92. The normalized spacial score (nSPS) is 14.7. The van der Waals surface area contributed by atoms with Crippen LogP contribution in [0, 0.1) is 0 Å². The van der Waals surface area contributed by atoms with E-state index in [0.29, 0.717) is 5.70 Å². The second-order valence-corrected chi connectivity index (χ2v) is 6.78. The van der Waals surface area contributed by atoms with E-state index in [4.69, 9.17) is 22.2 Å². The first-order valence-electron chi connectivity index (χ1n) is 9.97. The number of aromatic nitrogens is 1. The van der Waals surface area contributed by atoms with Crippen molar-refractivity contribution in [3.05, 3.63) is 83.5 Å². The molecule has 1 atom stereocenters. The molecule has 0 amide bonds. The third kappa shape index (κ3) is 7.92. The van der Waals surface area contributed by atoms with Crippen molar-refractivity contribution in [3.63, 3.8) is 0 Å². The van der Waals surface area contributed by atoms with Crippen molar-refractivity contribution in [3.8, 4) is 0 Å². The highest BCUT2D eigenvalue weighted by molar-refractivity contribution is 5.93. The number of nitrogens with two attached hydrogens (primary N) is 3. The Balaban J connectivity index is 2.89. The first-order chi connectivity index (χ1) is 13.9. The number of pyridine rings is 1. The number of nitrogens with zero attached hydrogens (tertiary/aromatic N) is 2. The van der Waals surface area contributed by atoms with E-state index in [1.54, 1.807) is 6.08 Å². The summed E-state index contributed by atoms with van der Waals surface area (Å²) in [5, 5.41) is 0. The van der Waals surface area contributed by atoms with E-state index in [2.05, 4.69) is 18.5 Å². The van der Waals surface area contributed by atoms with Crippen LogP contribution in [0.25, 0.3) is 5.70 Å². The minimum Gasteiger partial charge on any atom is -0.405 e. The topological polar surface area (TPSA) is 103 Å². The van der Waals surface area contributed by atoms with Crippen molar-refractivity contribution in [1.29, 1.82) is 0 Å². The van der Waals surface area contributed by atoms with Crippen molar-refractivity contribution in [2.75, 3.05) is 0 Å². The molecule has 5 nitrogen and oxygen atoms in total. The van der Waals surface area contributed by atoms with Crippen LogP contribution < -0.4 is 17.2 Å². The number of allylic oxidation sites excluding steroid dienone is 4. The Bertz CT molecular complexity index is 841. The summed E-state index contributed by atoms with van der Waals surface area (Å²) < 4.78 is 0. The summed E-state index contributed by atoms with van der Waals surface area (Å²) in [6, 6.07) is 1.80. The monoisotopic (exact) mass is 393 g/mol. The maximum absolute atomic E-state index is 6.06. The standard InChI is InChI=1S/C24H35N5/c1-6-19(24(27)13-14-25)10-9-17(4)29-21(7-2)12-11-20-16-28-22(8-3)15-23(20)18(5)26/h6-7,9-10,13-16,24H,5,8,11-12,25-27H2,1-4H3/b10-9-,14-13-,19-6+,21-7-,29-17+. The molecule has 0 aliphatic heterocycles. The third-order valence-electron chi connectivity index (χ3n) is 4.61. The zero-order valence-electron chi connectivity index (χ0n) is 18.2. The van der Waals surface area contributed by atoms with Gasteiger partial charge in [-0.3, -0.25) is 9.98 Å². The molecule has 1 rings (SSSR count). The molecule has 0 aliphatic carbocycles. The van der Waals surface area contributed by atoms with E-state index in [0.717, 1.165) is 53.1 Å². The van der Waals surface area contributed by atoms with Crippen LogP contribution in [0.3, 0.4) is 0 Å². The van der Waals surface area contributed by atoms with E-state index in [-0.39, 0.29) is 6.04 Å². The molecule has 0 aliphatic rings. The van der Waals surface area contributed by atoms with Crippen LogP contribution in [0.1, 0.15) is 50.9 Å². The molecule has 1 aromatic heterocycles. The first-order valence-corrected chi connectivity index (χ1v) is 9.97. The zero-order valence-corrected chi connectivity index (χ0v) is 18.2. The first kappa shape index (κ1) is 24.1. The summed E-state index contributed by atoms with van der Waals surface area (Å²) in [7, 11) is 0. The van der Waals surface area contributed by atoms with Gasteiger partial charge in [0.05, 0.1) is 0 Å². The molecule has 0 saturated heterocycles. The molecule has 1 heterocycles. The number of aliphatic imine (C=N–C) groups is 1. The highest BCUT2D eigenvalue weighted by Gasteiger charge is 2.07. The summed E-state index contributed by atoms with van der Waals surface area (Å²) in [5.41, 5.74) is 24.0. The van der Waals surface area contributed by atoms with Gasteiger partial charge in [-0.2, -0.15) is 0 Å². The van der Waals surface area contributed by atoms with E-state index in [1.165, 1.54) is 6.20 Å². The lowest BCUT2D eigenvalue weighted by Crippen LogP contribution is -2.19. The number of hydrogen-bond acceptors (Lipinski definition) is 5. The summed E-state index contributed by atoms with van der Waals surface area (Å²) in [4.78, 5) is 9.24. The van der Waals surface area contributed by atoms with Crippen LogP contribution in [-0.2, 0) is 12.8 Å². The fourth-order valence-corrected chi connectivity index (χ4v) is 2.86. The van der Waals surface area contributed by atoms with Gasteiger partial charge in [0, 0.05) is 40.6 Å². The summed E-state index contributed by atoms with van der Waals surface area (Å²) in [5.74, 6) is 0. The van der Waals surface area contributed by atoms with Crippen molar-refractivity contribution in [2.45, 2.75) is 53.0 Å². The van der Waals surface area contributed by atoms with Gasteiger partial charge in [0.25, 0.3) is 0 Å². The van der Waals surface area contributed by atoms with Gasteiger partial charge < -0.3 is 17.2 Å². The van der Waals surface area contributed by atoms with Crippen LogP contribution in [-0.4, -0.2) is 16.7 Å². The Morgan fingerprint density at radius 2 is 2.00 bits per heavy atom. The maximum Gasteiger partial charge on any atom is 0.0494 e. The SMILES string of the molecule is C=C(N)c1cc(CC)ncc1CCC(=C/C)/N=C(C)/C=C\C(=C/C)C(N)/C=C\N. The molecule has 0 fully saturated rings. The second kappa shape index (κ2) is 12.5. The lowest BCUT2D eigenvalue weighted by molar-refractivity contribution is 0.902. The molecule has 0 bridgehead atoms. The fraction of sp³-hybridized carbons (Fsp3) is 0.333. The third-order valence-corrected chi connectivity index (χ3v) is 4.61. The lowest BCUT2D eigenvalue weighted by atomic mass is 10.0.